The maximum atomic E-state index is 10.6. The number of benzene rings is 3. The zero-order valence-electron chi connectivity index (χ0n) is 15.8. The predicted molar refractivity (Wildman–Crippen MR) is 114 cm³/mol. The van der Waals surface area contributed by atoms with Gasteiger partial charge in [0.25, 0.3) is 0 Å². The molecule has 0 saturated heterocycles. The fourth-order valence-corrected chi connectivity index (χ4v) is 4.63. The summed E-state index contributed by atoms with van der Waals surface area (Å²) >= 11 is 1.77. The zero-order chi connectivity index (χ0) is 19.5. The molecule has 142 valence electrons. The molecule has 1 atom stereocenters. The second kappa shape index (κ2) is 7.98. The fourth-order valence-electron chi connectivity index (χ4n) is 3.37. The van der Waals surface area contributed by atoms with Gasteiger partial charge in [-0.3, -0.25) is 4.99 Å². The molecule has 4 rings (SSSR count). The van der Waals surface area contributed by atoms with Crippen molar-refractivity contribution in [3.8, 4) is 17.2 Å². The smallest absolute Gasteiger partial charge is 0.128 e. The molecule has 3 aromatic rings. The Morgan fingerprint density at radius 1 is 0.964 bits per heavy atom. The molecule has 0 spiro atoms. The highest BCUT2D eigenvalue weighted by atomic mass is 32.2. The van der Waals surface area contributed by atoms with Gasteiger partial charge in [-0.25, -0.2) is 0 Å². The van der Waals surface area contributed by atoms with Crippen LogP contribution in [0.3, 0.4) is 0 Å². The van der Waals surface area contributed by atoms with Crippen LogP contribution in [0.1, 0.15) is 22.8 Å². The highest BCUT2D eigenvalue weighted by Crippen LogP contribution is 2.48. The van der Waals surface area contributed by atoms with Gasteiger partial charge in [0.15, 0.2) is 0 Å². The Kier molecular flexibility index (Phi) is 5.26. The molecule has 1 aliphatic heterocycles. The molecule has 4 nitrogen and oxygen atoms in total. The molecule has 0 aromatic heterocycles. The van der Waals surface area contributed by atoms with Crippen molar-refractivity contribution in [2.45, 2.75) is 16.6 Å². The number of para-hydroxylation sites is 2. The van der Waals surface area contributed by atoms with Crippen LogP contribution in [0.15, 0.2) is 76.6 Å². The second-order valence-electron chi connectivity index (χ2n) is 6.46. The largest absolute Gasteiger partial charge is 0.507 e. The first kappa shape index (κ1) is 18.4. The number of rotatable bonds is 4. The Bertz CT molecular complexity index is 1030. The lowest BCUT2D eigenvalue weighted by Crippen LogP contribution is -2.07. The minimum Gasteiger partial charge on any atom is -0.507 e. The number of aromatic hydroxyl groups is 1. The van der Waals surface area contributed by atoms with Crippen LogP contribution in [0.5, 0.6) is 17.2 Å². The molecule has 0 fully saturated rings. The molecule has 1 N–H and O–H groups in total. The van der Waals surface area contributed by atoms with Gasteiger partial charge in [-0.05, 0) is 30.3 Å². The number of nitrogens with zero attached hydrogens (tertiary/aromatic N) is 1. The number of methoxy groups -OCH3 is 2. The topological polar surface area (TPSA) is 51.0 Å². The van der Waals surface area contributed by atoms with E-state index in [1.807, 2.05) is 48.5 Å². The third-order valence-corrected chi connectivity index (χ3v) is 6.07. The molecule has 5 heteroatoms. The summed E-state index contributed by atoms with van der Waals surface area (Å²) in [5.41, 5.74) is 3.59. The monoisotopic (exact) mass is 391 g/mol. The first-order valence-corrected chi connectivity index (χ1v) is 9.91. The average Bonchev–Trinajstić information content (AvgIpc) is 2.93. The van der Waals surface area contributed by atoms with E-state index in [9.17, 15) is 5.11 Å². The van der Waals surface area contributed by atoms with Crippen LogP contribution in [0, 0.1) is 0 Å². The summed E-state index contributed by atoms with van der Waals surface area (Å²) < 4.78 is 10.8. The van der Waals surface area contributed by atoms with Gasteiger partial charge in [0.1, 0.15) is 17.2 Å². The standard InChI is InChI=1S/C23H21NO3S/c1-26-15-11-12-16(20(25)13-15)19-14-23(17-7-3-5-9-21(17)27-2)28-22-10-6-4-8-18(22)24-19/h3-13,23,25H,14H2,1-2H3/t23-/m0/s1. The quantitative estimate of drug-likeness (QED) is 0.614. The summed E-state index contributed by atoms with van der Waals surface area (Å²) in [6, 6.07) is 21.5. The first-order chi connectivity index (χ1) is 13.7. The van der Waals surface area contributed by atoms with Crippen molar-refractivity contribution >= 4 is 23.2 Å². The van der Waals surface area contributed by atoms with Gasteiger partial charge >= 0.3 is 0 Å². The highest BCUT2D eigenvalue weighted by Gasteiger charge is 2.25. The van der Waals surface area contributed by atoms with Crippen LogP contribution in [-0.2, 0) is 0 Å². The number of phenols is 1. The van der Waals surface area contributed by atoms with Crippen LogP contribution >= 0.6 is 11.8 Å². The summed E-state index contributed by atoms with van der Waals surface area (Å²) in [5, 5.41) is 10.7. The Labute approximate surface area is 168 Å². The molecule has 3 aromatic carbocycles. The van der Waals surface area contributed by atoms with E-state index >= 15 is 0 Å². The molecule has 0 aliphatic carbocycles. The van der Waals surface area contributed by atoms with Gasteiger partial charge in [-0.1, -0.05) is 30.3 Å². The van der Waals surface area contributed by atoms with E-state index in [0.29, 0.717) is 12.2 Å². The average molecular weight is 391 g/mol. The molecule has 0 bridgehead atoms. The van der Waals surface area contributed by atoms with Crippen LogP contribution < -0.4 is 9.47 Å². The lowest BCUT2D eigenvalue weighted by molar-refractivity contribution is 0.407. The third-order valence-electron chi connectivity index (χ3n) is 4.77. The van der Waals surface area contributed by atoms with E-state index in [1.165, 1.54) is 0 Å². The van der Waals surface area contributed by atoms with Crippen LogP contribution in [0.4, 0.5) is 5.69 Å². The molecule has 0 amide bonds. The van der Waals surface area contributed by atoms with E-state index in [0.717, 1.165) is 33.2 Å². The maximum Gasteiger partial charge on any atom is 0.128 e. The lowest BCUT2D eigenvalue weighted by atomic mass is 9.99. The third kappa shape index (κ3) is 3.58. The van der Waals surface area contributed by atoms with Gasteiger partial charge in [-0.2, -0.15) is 0 Å². The van der Waals surface area contributed by atoms with Gasteiger partial charge in [0, 0.05) is 33.8 Å². The minimum absolute atomic E-state index is 0.111. The van der Waals surface area contributed by atoms with E-state index in [1.54, 1.807) is 32.0 Å². The molecule has 1 heterocycles. The number of hydrogen-bond donors (Lipinski definition) is 1. The molecule has 0 saturated carbocycles. The van der Waals surface area contributed by atoms with Crippen molar-refractivity contribution in [3.63, 3.8) is 0 Å². The lowest BCUT2D eigenvalue weighted by Gasteiger charge is -2.19. The molecule has 28 heavy (non-hydrogen) atoms. The SMILES string of the molecule is COc1ccc(C2=Nc3ccccc3S[C@H](c3ccccc3OC)C2)c(O)c1. The number of fused-ring (bicyclic) bond motifs is 1. The summed E-state index contributed by atoms with van der Waals surface area (Å²) in [6.07, 6.45) is 0.666. The van der Waals surface area contributed by atoms with Crippen molar-refractivity contribution in [1.82, 2.24) is 0 Å². The number of ether oxygens (including phenoxy) is 2. The summed E-state index contributed by atoms with van der Waals surface area (Å²) in [5.74, 6) is 1.64. The van der Waals surface area contributed by atoms with Crippen LogP contribution in [0.25, 0.3) is 0 Å². The molecular formula is C23H21NO3S. The fraction of sp³-hybridized carbons (Fsp3) is 0.174. The molecule has 0 unspecified atom stereocenters. The first-order valence-electron chi connectivity index (χ1n) is 9.03. The Hall–Kier alpha value is -2.92. The van der Waals surface area contributed by atoms with Crippen molar-refractivity contribution < 1.29 is 14.6 Å². The van der Waals surface area contributed by atoms with E-state index in [4.69, 9.17) is 14.5 Å². The van der Waals surface area contributed by atoms with E-state index in [2.05, 4.69) is 12.1 Å². The van der Waals surface area contributed by atoms with Gasteiger partial charge in [0.05, 0.1) is 25.6 Å². The summed E-state index contributed by atoms with van der Waals surface area (Å²) in [7, 11) is 3.28. The Morgan fingerprint density at radius 2 is 1.75 bits per heavy atom. The maximum absolute atomic E-state index is 10.6. The van der Waals surface area contributed by atoms with E-state index < -0.39 is 0 Å². The Balaban J connectivity index is 1.83. The number of thioether (sulfide) groups is 1. The molecule has 0 radical (unpaired) electrons. The number of phenolic OH excluding ortho intramolecular Hbond substituents is 1. The summed E-state index contributed by atoms with van der Waals surface area (Å²) in [6.45, 7) is 0. The van der Waals surface area contributed by atoms with Crippen LogP contribution in [0.2, 0.25) is 0 Å². The predicted octanol–water partition coefficient (Wildman–Crippen LogP) is 5.77. The highest BCUT2D eigenvalue weighted by molar-refractivity contribution is 7.99. The van der Waals surface area contributed by atoms with Crippen molar-refractivity contribution in [1.29, 1.82) is 0 Å². The number of aliphatic imine (C=N–C) groups is 1. The van der Waals surface area contributed by atoms with Gasteiger partial charge < -0.3 is 14.6 Å². The van der Waals surface area contributed by atoms with Crippen LogP contribution in [-0.4, -0.2) is 25.0 Å². The van der Waals surface area contributed by atoms with Gasteiger partial charge in [0.2, 0.25) is 0 Å². The van der Waals surface area contributed by atoms with Crippen molar-refractivity contribution in [3.05, 3.63) is 77.9 Å². The van der Waals surface area contributed by atoms with Gasteiger partial charge in [-0.15, -0.1) is 11.8 Å². The summed E-state index contributed by atoms with van der Waals surface area (Å²) in [4.78, 5) is 6.02. The van der Waals surface area contributed by atoms with Crippen molar-refractivity contribution in [2.75, 3.05) is 14.2 Å². The number of hydrogen-bond acceptors (Lipinski definition) is 5. The molecule has 1 aliphatic rings. The Morgan fingerprint density at radius 3 is 2.54 bits per heavy atom. The van der Waals surface area contributed by atoms with E-state index in [-0.39, 0.29) is 11.0 Å². The second-order valence-corrected chi connectivity index (χ2v) is 7.71. The minimum atomic E-state index is 0.111. The molecular weight excluding hydrogens is 370 g/mol. The zero-order valence-corrected chi connectivity index (χ0v) is 16.6. The normalized spacial score (nSPS) is 15.9. The van der Waals surface area contributed by atoms with Crippen molar-refractivity contribution in [2.24, 2.45) is 4.99 Å².